The molecule has 0 aliphatic rings. The van der Waals surface area contributed by atoms with Gasteiger partial charge in [0, 0.05) is 6.07 Å². The van der Waals surface area contributed by atoms with E-state index in [1.54, 1.807) is 18.2 Å². The Labute approximate surface area is 106 Å². The highest BCUT2D eigenvalue weighted by atomic mass is 16.6. The number of para-hydroxylation sites is 1. The molecule has 0 spiro atoms. The van der Waals surface area contributed by atoms with Gasteiger partial charge in [-0.05, 0) is 18.2 Å². The van der Waals surface area contributed by atoms with Crippen molar-refractivity contribution in [1.82, 2.24) is 20.0 Å². The van der Waals surface area contributed by atoms with E-state index < -0.39 is 4.92 Å². The number of aromatic nitrogens is 4. The Morgan fingerprint density at radius 2 is 2.00 bits per heavy atom. The zero-order valence-corrected chi connectivity index (χ0v) is 9.59. The lowest BCUT2D eigenvalue weighted by molar-refractivity contribution is -0.384. The van der Waals surface area contributed by atoms with Crippen molar-refractivity contribution in [3.05, 3.63) is 46.5 Å². The minimum absolute atomic E-state index is 0.0544. The van der Waals surface area contributed by atoms with Gasteiger partial charge in [0.2, 0.25) is 5.82 Å². The number of nitrogen functional groups attached to an aromatic ring is 1. The van der Waals surface area contributed by atoms with Crippen molar-refractivity contribution < 1.29 is 4.92 Å². The summed E-state index contributed by atoms with van der Waals surface area (Å²) in [6.45, 7) is 0. The lowest BCUT2D eigenvalue weighted by Crippen LogP contribution is -2.06. The second-order valence-electron chi connectivity index (χ2n) is 3.83. The molecule has 0 aliphatic carbocycles. The Morgan fingerprint density at radius 3 is 2.79 bits per heavy atom. The molecule has 0 saturated heterocycles. The number of nitrogens with zero attached hydrogens (tertiary/aromatic N) is 5. The Morgan fingerprint density at radius 1 is 1.21 bits per heavy atom. The van der Waals surface area contributed by atoms with Crippen LogP contribution < -0.4 is 5.73 Å². The summed E-state index contributed by atoms with van der Waals surface area (Å²) < 4.78 is 1.31. The molecule has 3 aromatic rings. The summed E-state index contributed by atoms with van der Waals surface area (Å²) in [5.41, 5.74) is 6.66. The Bertz CT molecular complexity index is 782. The maximum atomic E-state index is 11.0. The largest absolute Gasteiger partial charge is 0.384 e. The van der Waals surface area contributed by atoms with Gasteiger partial charge in [-0.25, -0.2) is 4.98 Å². The SMILES string of the molecule is Nc1ccc([N+](=O)[O-])c(-n2nnc3ccccc32)n1. The first-order chi connectivity index (χ1) is 9.16. The molecule has 94 valence electrons. The first kappa shape index (κ1) is 11.1. The average Bonchev–Trinajstić information content (AvgIpc) is 2.82. The van der Waals surface area contributed by atoms with Crippen molar-refractivity contribution in [3.8, 4) is 5.82 Å². The molecule has 8 heteroatoms. The molecule has 0 amide bonds. The van der Waals surface area contributed by atoms with E-state index >= 15 is 0 Å². The predicted octanol–water partition coefficient (Wildman–Crippen LogP) is 1.31. The average molecular weight is 256 g/mol. The molecule has 2 N–H and O–H groups in total. The van der Waals surface area contributed by atoms with Crippen LogP contribution in [0.5, 0.6) is 0 Å². The second kappa shape index (κ2) is 4.02. The summed E-state index contributed by atoms with van der Waals surface area (Å²) in [5, 5.41) is 18.9. The highest BCUT2D eigenvalue weighted by molar-refractivity contribution is 5.76. The number of nitrogens with two attached hydrogens (primary N) is 1. The minimum Gasteiger partial charge on any atom is -0.384 e. The number of fused-ring (bicyclic) bond motifs is 1. The smallest absolute Gasteiger partial charge is 0.313 e. The van der Waals surface area contributed by atoms with Crippen molar-refractivity contribution >= 4 is 22.5 Å². The molecule has 0 radical (unpaired) electrons. The third kappa shape index (κ3) is 1.75. The second-order valence-corrected chi connectivity index (χ2v) is 3.83. The van der Waals surface area contributed by atoms with Crippen molar-refractivity contribution in [1.29, 1.82) is 0 Å². The predicted molar refractivity (Wildman–Crippen MR) is 67.7 cm³/mol. The van der Waals surface area contributed by atoms with E-state index in [9.17, 15) is 10.1 Å². The van der Waals surface area contributed by atoms with Crippen LogP contribution in [0.3, 0.4) is 0 Å². The van der Waals surface area contributed by atoms with Gasteiger partial charge in [0.1, 0.15) is 11.3 Å². The topological polar surface area (TPSA) is 113 Å². The fraction of sp³-hybridized carbons (Fsp3) is 0. The van der Waals surface area contributed by atoms with Gasteiger partial charge < -0.3 is 5.73 Å². The van der Waals surface area contributed by atoms with Crippen LogP contribution in [-0.2, 0) is 0 Å². The van der Waals surface area contributed by atoms with Crippen LogP contribution >= 0.6 is 0 Å². The molecule has 0 aliphatic heterocycles. The van der Waals surface area contributed by atoms with Gasteiger partial charge in [-0.3, -0.25) is 10.1 Å². The number of hydrogen-bond donors (Lipinski definition) is 1. The Hall–Kier alpha value is -3.03. The molecule has 2 aromatic heterocycles. The van der Waals surface area contributed by atoms with Crippen molar-refractivity contribution in [3.63, 3.8) is 0 Å². The normalized spacial score (nSPS) is 10.7. The quantitative estimate of drug-likeness (QED) is 0.546. The van der Waals surface area contributed by atoms with Crippen molar-refractivity contribution in [2.45, 2.75) is 0 Å². The molecule has 3 rings (SSSR count). The highest BCUT2D eigenvalue weighted by Gasteiger charge is 2.20. The molecule has 8 nitrogen and oxygen atoms in total. The first-order valence-electron chi connectivity index (χ1n) is 5.38. The molecule has 1 aromatic carbocycles. The van der Waals surface area contributed by atoms with Crippen LogP contribution in [0.1, 0.15) is 0 Å². The van der Waals surface area contributed by atoms with Crippen LogP contribution in [0.2, 0.25) is 0 Å². The molecule has 19 heavy (non-hydrogen) atoms. The first-order valence-corrected chi connectivity index (χ1v) is 5.38. The molecule has 0 saturated carbocycles. The van der Waals surface area contributed by atoms with Gasteiger partial charge in [-0.2, -0.15) is 4.68 Å². The van der Waals surface area contributed by atoms with E-state index in [0.29, 0.717) is 11.0 Å². The summed E-state index contributed by atoms with van der Waals surface area (Å²) in [6.07, 6.45) is 0. The number of pyridine rings is 1. The molecule has 0 fully saturated rings. The number of rotatable bonds is 2. The Kier molecular flexibility index (Phi) is 2.34. The van der Waals surface area contributed by atoms with E-state index in [4.69, 9.17) is 5.73 Å². The molecular formula is C11H8N6O2. The summed E-state index contributed by atoms with van der Waals surface area (Å²) in [7, 11) is 0. The molecular weight excluding hydrogens is 248 g/mol. The molecule has 0 bridgehead atoms. The standard InChI is InChI=1S/C11H8N6O2/c12-10-6-5-9(17(18)19)11(13-10)16-8-4-2-1-3-7(8)14-15-16/h1-6H,(H2,12,13). The summed E-state index contributed by atoms with van der Waals surface area (Å²) >= 11 is 0. The van der Waals surface area contributed by atoms with Gasteiger partial charge in [-0.15, -0.1) is 5.10 Å². The number of hydrogen-bond acceptors (Lipinski definition) is 6. The maximum Gasteiger partial charge on any atom is 0.313 e. The van der Waals surface area contributed by atoms with Gasteiger partial charge in [-0.1, -0.05) is 17.3 Å². The fourth-order valence-electron chi connectivity index (χ4n) is 1.78. The lowest BCUT2D eigenvalue weighted by atomic mass is 10.3. The number of benzene rings is 1. The monoisotopic (exact) mass is 256 g/mol. The third-order valence-electron chi connectivity index (χ3n) is 2.63. The van der Waals surface area contributed by atoms with Gasteiger partial charge in [0.05, 0.1) is 10.4 Å². The fourth-order valence-corrected chi connectivity index (χ4v) is 1.78. The van der Waals surface area contributed by atoms with E-state index in [1.807, 2.05) is 6.07 Å². The van der Waals surface area contributed by atoms with Crippen molar-refractivity contribution in [2.75, 3.05) is 5.73 Å². The van der Waals surface area contributed by atoms with Crippen LogP contribution in [0, 0.1) is 10.1 Å². The van der Waals surface area contributed by atoms with E-state index in [-0.39, 0.29) is 17.3 Å². The van der Waals surface area contributed by atoms with Crippen LogP contribution in [0.4, 0.5) is 11.5 Å². The summed E-state index contributed by atoms with van der Waals surface area (Å²) in [6, 6.07) is 9.79. The van der Waals surface area contributed by atoms with Gasteiger partial charge in [0.15, 0.2) is 0 Å². The van der Waals surface area contributed by atoms with E-state index in [0.717, 1.165) is 0 Å². The highest BCUT2D eigenvalue weighted by Crippen LogP contribution is 2.24. The van der Waals surface area contributed by atoms with E-state index in [2.05, 4.69) is 15.3 Å². The maximum absolute atomic E-state index is 11.0. The van der Waals surface area contributed by atoms with Crippen molar-refractivity contribution in [2.24, 2.45) is 0 Å². The third-order valence-corrected chi connectivity index (χ3v) is 2.63. The lowest BCUT2D eigenvalue weighted by Gasteiger charge is -2.03. The van der Waals surface area contributed by atoms with Crippen LogP contribution in [0.15, 0.2) is 36.4 Å². The minimum atomic E-state index is -0.530. The van der Waals surface area contributed by atoms with E-state index in [1.165, 1.54) is 16.8 Å². The molecule has 2 heterocycles. The molecule has 0 atom stereocenters. The van der Waals surface area contributed by atoms with Gasteiger partial charge in [0.25, 0.3) is 0 Å². The number of anilines is 1. The number of nitro groups is 1. The van der Waals surface area contributed by atoms with Crippen LogP contribution in [0.25, 0.3) is 16.9 Å². The van der Waals surface area contributed by atoms with Crippen LogP contribution in [-0.4, -0.2) is 24.9 Å². The zero-order chi connectivity index (χ0) is 13.4. The Balaban J connectivity index is 2.32. The summed E-state index contributed by atoms with van der Waals surface area (Å²) in [4.78, 5) is 14.5. The zero-order valence-electron chi connectivity index (χ0n) is 9.59. The summed E-state index contributed by atoms with van der Waals surface area (Å²) in [5.74, 6) is 0.235. The molecule has 0 unspecified atom stereocenters. The van der Waals surface area contributed by atoms with Gasteiger partial charge >= 0.3 is 5.69 Å².